The molecule has 0 bridgehead atoms. The number of H-pyrrole nitrogens is 1. The second kappa shape index (κ2) is 6.70. The Labute approximate surface area is 172 Å². The second-order valence-corrected chi connectivity index (χ2v) is 7.85. The molecule has 0 aliphatic carbocycles. The third-order valence-corrected chi connectivity index (χ3v) is 5.71. The molecule has 29 heavy (non-hydrogen) atoms. The van der Waals surface area contributed by atoms with E-state index in [4.69, 9.17) is 11.6 Å². The van der Waals surface area contributed by atoms with Gasteiger partial charge in [-0.05, 0) is 30.7 Å². The highest BCUT2D eigenvalue weighted by atomic mass is 35.5. The Morgan fingerprint density at radius 3 is 3.00 bits per heavy atom. The van der Waals surface area contributed by atoms with E-state index in [-0.39, 0.29) is 11.6 Å². The summed E-state index contributed by atoms with van der Waals surface area (Å²) in [5.74, 6) is 2.70. The Hall–Kier alpha value is -3.19. The van der Waals surface area contributed by atoms with Crippen molar-refractivity contribution in [2.75, 3.05) is 17.2 Å². The molecule has 4 aromatic rings. The second-order valence-electron chi connectivity index (χ2n) is 7.42. The lowest BCUT2D eigenvalue weighted by molar-refractivity contribution is 0.726. The average Bonchev–Trinajstić information content (AvgIpc) is 3.30. The number of aromatic amines is 1. The molecule has 4 heterocycles. The first-order valence-electron chi connectivity index (χ1n) is 9.50. The molecule has 148 valence electrons. The van der Waals surface area contributed by atoms with Gasteiger partial charge in [0.05, 0.1) is 12.6 Å². The van der Waals surface area contributed by atoms with Gasteiger partial charge in [0, 0.05) is 42.0 Å². The molecule has 1 atom stereocenters. The predicted molar refractivity (Wildman–Crippen MR) is 116 cm³/mol. The summed E-state index contributed by atoms with van der Waals surface area (Å²) in [4.78, 5) is 20.1. The summed E-state index contributed by atoms with van der Waals surface area (Å²) in [6.45, 7) is 3.35. The van der Waals surface area contributed by atoms with Crippen LogP contribution < -0.4 is 16.2 Å². The van der Waals surface area contributed by atoms with Crippen molar-refractivity contribution in [1.29, 1.82) is 0 Å². The van der Waals surface area contributed by atoms with Crippen molar-refractivity contribution in [2.45, 2.75) is 19.5 Å². The number of nitrogens with zero attached hydrogens (tertiary/aromatic N) is 3. The maximum atomic E-state index is 12.4. The van der Waals surface area contributed by atoms with Gasteiger partial charge in [-0.15, -0.1) is 0 Å². The maximum absolute atomic E-state index is 12.4. The number of rotatable bonds is 3. The van der Waals surface area contributed by atoms with Crippen LogP contribution in [0.1, 0.15) is 23.0 Å². The van der Waals surface area contributed by atoms with Gasteiger partial charge in [-0.2, -0.15) is 0 Å². The normalized spacial score (nSPS) is 15.8. The SMILES string of the molecule is Cc1nc2c(n1Cc1cccc(Cl)c1)NC(c1cn(C)c(=O)c3[nH]ccc13)CN2. The van der Waals surface area contributed by atoms with Gasteiger partial charge < -0.3 is 24.8 Å². The number of nitrogens with one attached hydrogen (secondary N) is 3. The molecule has 3 aromatic heterocycles. The zero-order valence-corrected chi connectivity index (χ0v) is 16.9. The highest BCUT2D eigenvalue weighted by Crippen LogP contribution is 2.34. The monoisotopic (exact) mass is 408 g/mol. The standard InChI is InChI=1S/C21H21ClN6O/c1-12-25-19-20(28(12)10-13-4-3-5-14(22)8-13)26-17(9-24-19)16-11-27(2)21(29)18-15(16)6-7-23-18/h3-8,11,17,23-24,26H,9-10H2,1-2H3. The number of hydrogen-bond donors (Lipinski definition) is 3. The summed E-state index contributed by atoms with van der Waals surface area (Å²) in [6.07, 6.45) is 3.72. The van der Waals surface area contributed by atoms with Crippen molar-refractivity contribution in [3.63, 3.8) is 0 Å². The third-order valence-electron chi connectivity index (χ3n) is 5.47. The van der Waals surface area contributed by atoms with Gasteiger partial charge in [0.1, 0.15) is 11.3 Å². The molecule has 0 fully saturated rings. The maximum Gasteiger partial charge on any atom is 0.274 e. The first kappa shape index (κ1) is 17.9. The number of hydrogen-bond acceptors (Lipinski definition) is 4. The smallest absolute Gasteiger partial charge is 0.274 e. The lowest BCUT2D eigenvalue weighted by Crippen LogP contribution is -2.29. The van der Waals surface area contributed by atoms with E-state index in [0.29, 0.717) is 18.6 Å². The Kier molecular flexibility index (Phi) is 4.13. The van der Waals surface area contributed by atoms with Crippen molar-refractivity contribution in [1.82, 2.24) is 19.1 Å². The molecule has 1 aromatic carbocycles. The topological polar surface area (TPSA) is 79.7 Å². The van der Waals surface area contributed by atoms with Crippen molar-refractivity contribution >= 4 is 34.1 Å². The minimum atomic E-state index is -0.0277. The van der Waals surface area contributed by atoms with E-state index in [1.807, 2.05) is 43.6 Å². The predicted octanol–water partition coefficient (Wildman–Crippen LogP) is 3.65. The number of halogens is 1. The lowest BCUT2D eigenvalue weighted by Gasteiger charge is -2.28. The number of benzene rings is 1. The van der Waals surface area contributed by atoms with Crippen LogP contribution >= 0.6 is 11.6 Å². The third kappa shape index (κ3) is 2.98. The summed E-state index contributed by atoms with van der Waals surface area (Å²) >= 11 is 6.16. The average molecular weight is 409 g/mol. The first-order valence-corrected chi connectivity index (χ1v) is 9.87. The molecular formula is C21H21ClN6O. The van der Waals surface area contributed by atoms with Gasteiger partial charge in [-0.25, -0.2) is 4.98 Å². The van der Waals surface area contributed by atoms with Crippen LogP contribution in [0.3, 0.4) is 0 Å². The molecule has 1 aliphatic heterocycles. The number of aromatic nitrogens is 4. The van der Waals surface area contributed by atoms with E-state index >= 15 is 0 Å². The van der Waals surface area contributed by atoms with E-state index in [2.05, 4.69) is 31.2 Å². The van der Waals surface area contributed by atoms with Gasteiger partial charge in [-0.1, -0.05) is 23.7 Å². The molecular weight excluding hydrogens is 388 g/mol. The summed E-state index contributed by atoms with van der Waals surface area (Å²) in [6, 6.07) is 9.82. The highest BCUT2D eigenvalue weighted by molar-refractivity contribution is 6.30. The van der Waals surface area contributed by atoms with Gasteiger partial charge in [0.15, 0.2) is 11.6 Å². The first-order chi connectivity index (χ1) is 14.0. The molecule has 1 unspecified atom stereocenters. The van der Waals surface area contributed by atoms with Crippen molar-refractivity contribution in [3.05, 3.63) is 75.1 Å². The summed E-state index contributed by atoms with van der Waals surface area (Å²) < 4.78 is 3.77. The van der Waals surface area contributed by atoms with Gasteiger partial charge in [0.2, 0.25) is 0 Å². The van der Waals surface area contributed by atoms with Crippen molar-refractivity contribution < 1.29 is 0 Å². The molecule has 0 amide bonds. The molecule has 7 nitrogen and oxygen atoms in total. The Morgan fingerprint density at radius 2 is 2.17 bits per heavy atom. The van der Waals surface area contributed by atoms with Crippen LogP contribution in [0.25, 0.3) is 10.9 Å². The number of imidazole rings is 1. The lowest BCUT2D eigenvalue weighted by atomic mass is 10.0. The van der Waals surface area contributed by atoms with Crippen molar-refractivity contribution in [3.8, 4) is 0 Å². The van der Waals surface area contributed by atoms with Crippen LogP contribution in [0, 0.1) is 6.92 Å². The van der Waals surface area contributed by atoms with Crippen molar-refractivity contribution in [2.24, 2.45) is 7.05 Å². The summed E-state index contributed by atoms with van der Waals surface area (Å²) in [7, 11) is 1.78. The molecule has 3 N–H and O–H groups in total. The van der Waals surface area contributed by atoms with E-state index in [9.17, 15) is 4.79 Å². The van der Waals surface area contributed by atoms with Crippen LogP contribution in [0.4, 0.5) is 11.6 Å². The summed E-state index contributed by atoms with van der Waals surface area (Å²) in [5.41, 5.74) is 2.77. The quantitative estimate of drug-likeness (QED) is 0.483. The number of anilines is 2. The molecule has 0 radical (unpaired) electrons. The molecule has 1 aliphatic rings. The molecule has 0 saturated carbocycles. The van der Waals surface area contributed by atoms with Crippen LogP contribution in [-0.4, -0.2) is 25.6 Å². The van der Waals surface area contributed by atoms with Gasteiger partial charge in [-0.3, -0.25) is 4.79 Å². The Morgan fingerprint density at radius 1 is 1.31 bits per heavy atom. The zero-order chi connectivity index (χ0) is 20.1. The van der Waals surface area contributed by atoms with E-state index < -0.39 is 0 Å². The highest BCUT2D eigenvalue weighted by Gasteiger charge is 2.26. The fraction of sp³-hybridized carbons (Fsp3) is 0.238. The molecule has 0 saturated heterocycles. The Bertz CT molecular complexity index is 1280. The largest absolute Gasteiger partial charge is 0.365 e. The Balaban J connectivity index is 1.54. The minimum absolute atomic E-state index is 0.00168. The summed E-state index contributed by atoms with van der Waals surface area (Å²) in [5, 5.41) is 8.74. The van der Waals surface area contributed by atoms with E-state index in [1.54, 1.807) is 11.6 Å². The number of aryl methyl sites for hydroxylation is 2. The van der Waals surface area contributed by atoms with Crippen LogP contribution in [0.15, 0.2) is 47.5 Å². The molecule has 5 rings (SSSR count). The van der Waals surface area contributed by atoms with E-state index in [0.717, 1.165) is 39.0 Å². The van der Waals surface area contributed by atoms with Gasteiger partial charge >= 0.3 is 0 Å². The zero-order valence-electron chi connectivity index (χ0n) is 16.2. The number of pyridine rings is 1. The van der Waals surface area contributed by atoms with Crippen LogP contribution in [0.2, 0.25) is 5.02 Å². The minimum Gasteiger partial charge on any atom is -0.365 e. The van der Waals surface area contributed by atoms with Crippen LogP contribution in [0.5, 0.6) is 0 Å². The van der Waals surface area contributed by atoms with Gasteiger partial charge in [0.25, 0.3) is 5.56 Å². The molecule has 0 spiro atoms. The fourth-order valence-corrected chi connectivity index (χ4v) is 4.24. The molecule has 8 heteroatoms. The fourth-order valence-electron chi connectivity index (χ4n) is 4.03. The van der Waals surface area contributed by atoms with Crippen LogP contribution in [-0.2, 0) is 13.6 Å². The van der Waals surface area contributed by atoms with E-state index in [1.165, 1.54) is 0 Å². The number of fused-ring (bicyclic) bond motifs is 2.